The number of aliphatic hydroxyl groups excluding tert-OH is 1. The van der Waals surface area contributed by atoms with Gasteiger partial charge >= 0.3 is 6.18 Å². The van der Waals surface area contributed by atoms with E-state index >= 15 is 8.78 Å². The zero-order valence-corrected chi connectivity index (χ0v) is 15.0. The Bertz CT molecular complexity index is 946. The number of rotatable bonds is 6. The molecule has 0 radical (unpaired) electrons. The number of benzene rings is 1. The van der Waals surface area contributed by atoms with Crippen molar-refractivity contribution in [3.63, 3.8) is 0 Å². The van der Waals surface area contributed by atoms with E-state index in [1.807, 2.05) is 0 Å². The fourth-order valence-corrected chi connectivity index (χ4v) is 4.94. The highest BCUT2D eigenvalue weighted by Gasteiger charge is 2.85. The Morgan fingerprint density at radius 2 is 1.73 bits per heavy atom. The van der Waals surface area contributed by atoms with E-state index in [1.165, 1.54) is 0 Å². The molecule has 1 aromatic carbocycles. The topological polar surface area (TPSA) is 84.1 Å². The van der Waals surface area contributed by atoms with Crippen LogP contribution in [0.5, 0.6) is 0 Å². The van der Waals surface area contributed by atoms with E-state index in [4.69, 9.17) is 0 Å². The molecule has 30 heavy (non-hydrogen) atoms. The number of hydrogen-bond donors (Lipinski definition) is 2. The van der Waals surface area contributed by atoms with Gasteiger partial charge < -0.3 is 10.2 Å². The molecule has 2 atom stereocenters. The normalized spacial score (nSPS) is 29.0. The first-order chi connectivity index (χ1) is 13.8. The van der Waals surface area contributed by atoms with Crippen LogP contribution in [0.4, 0.5) is 30.7 Å². The van der Waals surface area contributed by atoms with Gasteiger partial charge in [-0.25, -0.2) is 22.2 Å². The fourth-order valence-electron chi connectivity index (χ4n) is 4.94. The van der Waals surface area contributed by atoms with Gasteiger partial charge in [0.05, 0.1) is 6.54 Å². The molecule has 3 aliphatic rings. The van der Waals surface area contributed by atoms with Crippen molar-refractivity contribution in [1.29, 1.82) is 0 Å². The molecule has 0 aliphatic heterocycles. The summed E-state index contributed by atoms with van der Waals surface area (Å²) in [6.07, 6.45) is -9.01. The Morgan fingerprint density at radius 1 is 1.10 bits per heavy atom. The van der Waals surface area contributed by atoms with E-state index in [2.05, 4.69) is 15.5 Å². The second-order valence-electron chi connectivity index (χ2n) is 8.18. The third-order valence-corrected chi connectivity index (χ3v) is 6.31. The van der Waals surface area contributed by atoms with Crippen molar-refractivity contribution in [1.82, 2.24) is 20.2 Å². The van der Waals surface area contributed by atoms with Gasteiger partial charge in [-0.2, -0.15) is 13.2 Å². The van der Waals surface area contributed by atoms with Crippen LogP contribution in [0.1, 0.15) is 24.8 Å². The quantitative estimate of drug-likeness (QED) is 0.675. The lowest BCUT2D eigenvalue weighted by atomic mass is 9.30. The van der Waals surface area contributed by atoms with Crippen molar-refractivity contribution >= 4 is 0 Å². The highest BCUT2D eigenvalue weighted by Crippen LogP contribution is 2.82. The summed E-state index contributed by atoms with van der Waals surface area (Å²) in [6.45, 7) is -1.04. The minimum absolute atomic E-state index is 0.312. The van der Waals surface area contributed by atoms with Crippen molar-refractivity contribution < 1.29 is 40.9 Å². The predicted octanol–water partition coefficient (Wildman–Crippen LogP) is 2.57. The van der Waals surface area contributed by atoms with Gasteiger partial charge in [-0.3, -0.25) is 0 Å². The minimum Gasteiger partial charge on any atom is -0.383 e. The summed E-state index contributed by atoms with van der Waals surface area (Å²) in [6, 6.07) is 1.64. The predicted molar refractivity (Wildman–Crippen MR) is 83.8 cm³/mol. The largest absolute Gasteiger partial charge is 0.414 e. The monoisotopic (exact) mass is 440 g/mol. The number of alkyl halides is 5. The van der Waals surface area contributed by atoms with Crippen LogP contribution in [-0.2, 0) is 12.1 Å². The minimum atomic E-state index is -4.98. The molecule has 1 heterocycles. The number of nitrogens with zero attached hydrogens (tertiary/aromatic N) is 4. The van der Waals surface area contributed by atoms with Crippen LogP contribution < -0.4 is 0 Å². The Balaban J connectivity index is 1.71. The van der Waals surface area contributed by atoms with Crippen LogP contribution in [0, 0.1) is 22.5 Å². The smallest absolute Gasteiger partial charge is 0.383 e. The average Bonchev–Trinajstić information content (AvgIpc) is 3.03. The Morgan fingerprint density at radius 3 is 2.23 bits per heavy atom. The second-order valence-corrected chi connectivity index (χ2v) is 8.18. The zero-order valence-electron chi connectivity index (χ0n) is 15.0. The standard InChI is InChI=1S/C17H15F7N4O2/c18-9-1-2-10(11(19)3-9)15(30,7-28-8-25-26-27-28)17(23,24)14-4-13(5-14,6-14)12(29)16(20,21)22/h1-3,8,12,29-30H,4-7H2/t12-,13?,14?,15+/m0/s1. The van der Waals surface area contributed by atoms with Crippen molar-refractivity contribution in [3.8, 4) is 0 Å². The molecule has 6 nitrogen and oxygen atoms in total. The van der Waals surface area contributed by atoms with Crippen molar-refractivity contribution in [2.24, 2.45) is 10.8 Å². The van der Waals surface area contributed by atoms with Crippen LogP contribution >= 0.6 is 0 Å². The molecule has 3 aliphatic carbocycles. The maximum Gasteiger partial charge on any atom is 0.414 e. The molecular weight excluding hydrogens is 425 g/mol. The van der Waals surface area contributed by atoms with E-state index in [1.54, 1.807) is 0 Å². The van der Waals surface area contributed by atoms with Gasteiger partial charge in [0.15, 0.2) is 11.7 Å². The first-order valence-electron chi connectivity index (χ1n) is 8.78. The highest BCUT2D eigenvalue weighted by atomic mass is 19.4. The summed E-state index contributed by atoms with van der Waals surface area (Å²) in [5, 5.41) is 30.4. The molecule has 13 heteroatoms. The summed E-state index contributed by atoms with van der Waals surface area (Å²) in [7, 11) is 0. The molecule has 0 unspecified atom stereocenters. The number of aromatic nitrogens is 4. The zero-order chi connectivity index (χ0) is 22.2. The molecular formula is C17H15F7N4O2. The van der Waals surface area contributed by atoms with Crippen LogP contribution in [-0.4, -0.2) is 48.6 Å². The molecule has 1 aromatic heterocycles. The second kappa shape index (κ2) is 6.13. The van der Waals surface area contributed by atoms with E-state index in [0.717, 1.165) is 6.33 Å². The summed E-state index contributed by atoms with van der Waals surface area (Å²) in [4.78, 5) is 0. The molecule has 0 spiro atoms. The molecule has 3 fully saturated rings. The molecule has 3 saturated carbocycles. The number of aliphatic hydroxyl groups is 2. The number of halogens is 7. The number of tetrazole rings is 1. The third kappa shape index (κ3) is 2.67. The van der Waals surface area contributed by atoms with E-state index in [0.29, 0.717) is 22.9 Å². The third-order valence-electron chi connectivity index (χ3n) is 6.31. The summed E-state index contributed by atoms with van der Waals surface area (Å²) in [5.74, 6) is -6.68. The Kier molecular flexibility index (Phi) is 4.28. The SMILES string of the molecule is O[C@H](C(F)(F)F)C12CC(C(F)(F)[C@@](O)(Cn3cnnn3)c3ccc(F)cc3F)(C1)C2. The molecule has 0 saturated heterocycles. The summed E-state index contributed by atoms with van der Waals surface area (Å²) < 4.78 is 98.3. The van der Waals surface area contributed by atoms with Crippen LogP contribution in [0.3, 0.4) is 0 Å². The Labute approximate surface area is 164 Å². The van der Waals surface area contributed by atoms with E-state index in [9.17, 15) is 32.2 Å². The van der Waals surface area contributed by atoms with Gasteiger partial charge in [-0.1, -0.05) is 0 Å². The van der Waals surface area contributed by atoms with Crippen molar-refractivity contribution in [2.75, 3.05) is 0 Å². The van der Waals surface area contributed by atoms with Crippen LogP contribution in [0.15, 0.2) is 24.5 Å². The molecule has 2 bridgehead atoms. The first-order valence-corrected chi connectivity index (χ1v) is 8.78. The summed E-state index contributed by atoms with van der Waals surface area (Å²) in [5.41, 5.74) is -8.10. The molecule has 0 amide bonds. The van der Waals surface area contributed by atoms with Crippen molar-refractivity contribution in [2.45, 2.75) is 49.6 Å². The lowest BCUT2D eigenvalue weighted by Gasteiger charge is -2.75. The molecule has 5 rings (SSSR count). The van der Waals surface area contributed by atoms with Gasteiger partial charge in [0, 0.05) is 22.5 Å². The fraction of sp³-hybridized carbons (Fsp3) is 0.588. The van der Waals surface area contributed by atoms with Gasteiger partial charge in [0.1, 0.15) is 18.0 Å². The molecule has 164 valence electrons. The first kappa shape index (κ1) is 21.0. The van der Waals surface area contributed by atoms with Gasteiger partial charge in [-0.15, -0.1) is 5.10 Å². The maximum absolute atomic E-state index is 15.7. The Hall–Kier alpha value is -2.28. The van der Waals surface area contributed by atoms with Gasteiger partial charge in [0.2, 0.25) is 0 Å². The summed E-state index contributed by atoms with van der Waals surface area (Å²) >= 11 is 0. The lowest BCUT2D eigenvalue weighted by molar-refractivity contribution is -0.407. The van der Waals surface area contributed by atoms with Crippen LogP contribution in [0.25, 0.3) is 0 Å². The highest BCUT2D eigenvalue weighted by molar-refractivity contribution is 5.34. The average molecular weight is 440 g/mol. The van der Waals surface area contributed by atoms with Crippen molar-refractivity contribution in [3.05, 3.63) is 41.7 Å². The lowest BCUT2D eigenvalue weighted by Crippen LogP contribution is -2.78. The van der Waals surface area contributed by atoms with Gasteiger partial charge in [0.25, 0.3) is 5.92 Å². The van der Waals surface area contributed by atoms with E-state index in [-0.39, 0.29) is 0 Å². The van der Waals surface area contributed by atoms with E-state index < -0.39 is 77.6 Å². The van der Waals surface area contributed by atoms with Gasteiger partial charge in [-0.05, 0) is 41.8 Å². The number of hydrogen-bond acceptors (Lipinski definition) is 5. The molecule has 2 N–H and O–H groups in total. The maximum atomic E-state index is 15.7. The molecule has 2 aromatic rings. The van der Waals surface area contributed by atoms with Crippen LogP contribution in [0.2, 0.25) is 0 Å².